The number of carbonyl (C=O) groups excluding carboxylic acids is 3. The fourth-order valence-corrected chi connectivity index (χ4v) is 3.38. The molecule has 158 valence electrons. The van der Waals surface area contributed by atoms with Crippen LogP contribution in [0.5, 0.6) is 5.75 Å². The number of esters is 1. The third-order valence-electron chi connectivity index (χ3n) is 5.07. The van der Waals surface area contributed by atoms with Gasteiger partial charge in [-0.2, -0.15) is 0 Å². The number of rotatable bonds is 8. The van der Waals surface area contributed by atoms with E-state index in [1.165, 1.54) is 0 Å². The van der Waals surface area contributed by atoms with Crippen molar-refractivity contribution in [3.63, 3.8) is 0 Å². The van der Waals surface area contributed by atoms with Gasteiger partial charge >= 0.3 is 5.97 Å². The lowest BCUT2D eigenvalue weighted by atomic mass is 10.1. The number of hydrogen-bond acceptors (Lipinski definition) is 6. The largest absolute Gasteiger partial charge is 0.495 e. The van der Waals surface area contributed by atoms with Gasteiger partial charge in [0, 0.05) is 38.2 Å². The molecule has 7 heteroatoms. The fraction of sp³-hybridized carbons (Fsp3) is 0.348. The molecule has 2 aromatic rings. The van der Waals surface area contributed by atoms with Gasteiger partial charge in [0.25, 0.3) is 5.91 Å². The summed E-state index contributed by atoms with van der Waals surface area (Å²) in [5.74, 6) is -0.0831. The van der Waals surface area contributed by atoms with Gasteiger partial charge in [-0.25, -0.2) is 0 Å². The Morgan fingerprint density at radius 3 is 2.23 bits per heavy atom. The summed E-state index contributed by atoms with van der Waals surface area (Å²) in [4.78, 5) is 40.2. The van der Waals surface area contributed by atoms with Gasteiger partial charge < -0.3 is 19.3 Å². The van der Waals surface area contributed by atoms with E-state index in [2.05, 4.69) is 4.90 Å². The Balaban J connectivity index is 1.39. The van der Waals surface area contributed by atoms with Crippen LogP contribution in [0.15, 0.2) is 54.6 Å². The second kappa shape index (κ2) is 10.4. The van der Waals surface area contributed by atoms with E-state index in [1.807, 2.05) is 30.3 Å². The summed E-state index contributed by atoms with van der Waals surface area (Å²) in [6.45, 7) is 2.13. The zero-order valence-electron chi connectivity index (χ0n) is 17.1. The highest BCUT2D eigenvalue weighted by atomic mass is 16.5. The van der Waals surface area contributed by atoms with Crippen molar-refractivity contribution in [3.05, 3.63) is 60.2 Å². The molecule has 3 rings (SSSR count). The van der Waals surface area contributed by atoms with Gasteiger partial charge in [-0.3, -0.25) is 14.4 Å². The number of piperazine rings is 1. The molecule has 0 aromatic heterocycles. The molecule has 0 aliphatic carbocycles. The Kier molecular flexibility index (Phi) is 7.43. The molecule has 0 unspecified atom stereocenters. The SMILES string of the molecule is COc1ccccc1N1CCN(C(=O)COC(=O)CCC(=O)c2ccccc2)CC1. The standard InChI is InChI=1S/C23H26N2O5/c1-29-21-10-6-5-9-19(21)24-13-15-25(16-14-24)22(27)17-30-23(28)12-11-20(26)18-7-3-2-4-8-18/h2-10H,11-17H2,1H3. The minimum absolute atomic E-state index is 0.0391. The summed E-state index contributed by atoms with van der Waals surface area (Å²) in [5, 5.41) is 0. The molecule has 0 spiro atoms. The van der Waals surface area contributed by atoms with Crippen LogP contribution in [-0.2, 0) is 14.3 Å². The van der Waals surface area contributed by atoms with Crippen molar-refractivity contribution in [2.45, 2.75) is 12.8 Å². The minimum Gasteiger partial charge on any atom is -0.495 e. The van der Waals surface area contributed by atoms with E-state index in [9.17, 15) is 14.4 Å². The molecule has 2 aromatic carbocycles. The minimum atomic E-state index is -0.541. The molecule has 0 bridgehead atoms. The molecular weight excluding hydrogens is 384 g/mol. The summed E-state index contributed by atoms with van der Waals surface area (Å²) >= 11 is 0. The molecule has 30 heavy (non-hydrogen) atoms. The quantitative estimate of drug-likeness (QED) is 0.492. The molecule has 0 N–H and O–H groups in total. The second-order valence-electron chi connectivity index (χ2n) is 6.99. The topological polar surface area (TPSA) is 76.2 Å². The molecule has 1 heterocycles. The Bertz CT molecular complexity index is 876. The number of Topliss-reactive ketones (excluding diaryl/α,β-unsaturated/α-hetero) is 1. The van der Waals surface area contributed by atoms with Crippen LogP contribution in [0.1, 0.15) is 23.2 Å². The predicted molar refractivity (Wildman–Crippen MR) is 113 cm³/mol. The number of carbonyl (C=O) groups is 3. The number of para-hydroxylation sites is 2. The number of ketones is 1. The molecule has 1 saturated heterocycles. The van der Waals surface area contributed by atoms with E-state index < -0.39 is 5.97 Å². The Morgan fingerprint density at radius 2 is 1.53 bits per heavy atom. The van der Waals surface area contributed by atoms with Crippen LogP contribution in [0, 0.1) is 0 Å². The first kappa shape index (κ1) is 21.4. The van der Waals surface area contributed by atoms with Gasteiger partial charge in [-0.05, 0) is 12.1 Å². The lowest BCUT2D eigenvalue weighted by Crippen LogP contribution is -2.50. The van der Waals surface area contributed by atoms with Crippen LogP contribution in [0.4, 0.5) is 5.69 Å². The van der Waals surface area contributed by atoms with Crippen LogP contribution in [0.25, 0.3) is 0 Å². The van der Waals surface area contributed by atoms with Gasteiger partial charge in [0.1, 0.15) is 5.75 Å². The number of anilines is 1. The second-order valence-corrected chi connectivity index (χ2v) is 6.99. The summed E-state index contributed by atoms with van der Waals surface area (Å²) in [6.07, 6.45) is 0.0250. The van der Waals surface area contributed by atoms with Crippen LogP contribution >= 0.6 is 0 Å². The highest BCUT2D eigenvalue weighted by molar-refractivity contribution is 5.97. The van der Waals surface area contributed by atoms with Crippen molar-refractivity contribution >= 4 is 23.3 Å². The average Bonchev–Trinajstić information content (AvgIpc) is 2.81. The lowest BCUT2D eigenvalue weighted by molar-refractivity contribution is -0.152. The van der Waals surface area contributed by atoms with E-state index in [-0.39, 0.29) is 31.1 Å². The van der Waals surface area contributed by atoms with E-state index in [0.717, 1.165) is 11.4 Å². The molecular formula is C23H26N2O5. The van der Waals surface area contributed by atoms with Crippen molar-refractivity contribution < 1.29 is 23.9 Å². The highest BCUT2D eigenvalue weighted by Crippen LogP contribution is 2.28. The maximum Gasteiger partial charge on any atom is 0.306 e. The van der Waals surface area contributed by atoms with Crippen molar-refractivity contribution in [1.82, 2.24) is 4.90 Å². The summed E-state index contributed by atoms with van der Waals surface area (Å²) in [6, 6.07) is 16.6. The van der Waals surface area contributed by atoms with Crippen LogP contribution in [0.3, 0.4) is 0 Å². The van der Waals surface area contributed by atoms with Crippen LogP contribution < -0.4 is 9.64 Å². The van der Waals surface area contributed by atoms with E-state index in [0.29, 0.717) is 31.7 Å². The number of benzene rings is 2. The maximum atomic E-state index is 12.4. The fourth-order valence-electron chi connectivity index (χ4n) is 3.38. The van der Waals surface area contributed by atoms with Crippen molar-refractivity contribution in [3.8, 4) is 5.75 Å². The predicted octanol–water partition coefficient (Wildman–Crippen LogP) is 2.55. The van der Waals surface area contributed by atoms with Crippen molar-refractivity contribution in [2.75, 3.05) is 44.8 Å². The number of ether oxygens (including phenoxy) is 2. The number of amides is 1. The first-order valence-electron chi connectivity index (χ1n) is 9.98. The van der Waals surface area contributed by atoms with Crippen molar-refractivity contribution in [1.29, 1.82) is 0 Å². The monoisotopic (exact) mass is 410 g/mol. The third-order valence-corrected chi connectivity index (χ3v) is 5.07. The molecule has 1 aliphatic heterocycles. The number of hydrogen-bond donors (Lipinski definition) is 0. The highest BCUT2D eigenvalue weighted by Gasteiger charge is 2.23. The Morgan fingerprint density at radius 1 is 0.867 bits per heavy atom. The molecule has 0 radical (unpaired) electrons. The third kappa shape index (κ3) is 5.59. The lowest BCUT2D eigenvalue weighted by Gasteiger charge is -2.36. The molecule has 1 amide bonds. The maximum absolute atomic E-state index is 12.4. The average molecular weight is 410 g/mol. The summed E-state index contributed by atoms with van der Waals surface area (Å²) in [7, 11) is 1.64. The van der Waals surface area contributed by atoms with Gasteiger partial charge in [0.05, 0.1) is 19.2 Å². The Labute approximate surface area is 176 Å². The molecule has 0 atom stereocenters. The van der Waals surface area contributed by atoms with Crippen LogP contribution in [0.2, 0.25) is 0 Å². The van der Waals surface area contributed by atoms with Gasteiger partial charge in [-0.1, -0.05) is 42.5 Å². The van der Waals surface area contributed by atoms with Crippen molar-refractivity contribution in [2.24, 2.45) is 0 Å². The van der Waals surface area contributed by atoms with Gasteiger partial charge in [0.15, 0.2) is 12.4 Å². The molecule has 7 nitrogen and oxygen atoms in total. The summed E-state index contributed by atoms with van der Waals surface area (Å²) < 4.78 is 10.5. The normalized spacial score (nSPS) is 13.6. The van der Waals surface area contributed by atoms with E-state index >= 15 is 0 Å². The smallest absolute Gasteiger partial charge is 0.306 e. The van der Waals surface area contributed by atoms with E-state index in [1.54, 1.807) is 36.3 Å². The van der Waals surface area contributed by atoms with Gasteiger partial charge in [0.2, 0.25) is 0 Å². The van der Waals surface area contributed by atoms with E-state index in [4.69, 9.17) is 9.47 Å². The molecule has 0 saturated carbocycles. The zero-order valence-corrected chi connectivity index (χ0v) is 17.1. The number of methoxy groups -OCH3 is 1. The van der Waals surface area contributed by atoms with Crippen LogP contribution in [-0.4, -0.2) is 62.5 Å². The summed E-state index contributed by atoms with van der Waals surface area (Å²) in [5.41, 5.74) is 1.57. The Hall–Kier alpha value is -3.35. The first-order valence-corrected chi connectivity index (χ1v) is 9.98. The zero-order chi connectivity index (χ0) is 21.3. The van der Waals surface area contributed by atoms with Gasteiger partial charge in [-0.15, -0.1) is 0 Å². The number of nitrogens with zero attached hydrogens (tertiary/aromatic N) is 2. The molecule has 1 aliphatic rings. The molecule has 1 fully saturated rings. The first-order chi connectivity index (χ1) is 14.6.